The van der Waals surface area contributed by atoms with Gasteiger partial charge in [0.05, 0.1) is 0 Å². The number of nitrogens with two attached hydrogens (primary N) is 1. The fraction of sp³-hybridized carbons (Fsp3) is 0.533. The lowest BCUT2D eigenvalue weighted by atomic mass is 10.1. The molecule has 1 aromatic carbocycles. The highest BCUT2D eigenvalue weighted by atomic mass is 16.2. The number of para-hydroxylation sites is 1. The van der Waals surface area contributed by atoms with Crippen molar-refractivity contribution in [1.29, 1.82) is 0 Å². The summed E-state index contributed by atoms with van der Waals surface area (Å²) >= 11 is 0. The van der Waals surface area contributed by atoms with E-state index in [1.807, 2.05) is 36.2 Å². The van der Waals surface area contributed by atoms with E-state index in [1.165, 1.54) is 6.42 Å². The minimum Gasteiger partial charge on any atom is -0.399 e. The minimum atomic E-state index is 0.220. The van der Waals surface area contributed by atoms with Gasteiger partial charge in [-0.05, 0) is 36.3 Å². The zero-order valence-electron chi connectivity index (χ0n) is 11.2. The van der Waals surface area contributed by atoms with Gasteiger partial charge in [0.25, 0.3) is 0 Å². The third kappa shape index (κ3) is 3.25. The van der Waals surface area contributed by atoms with Crippen LogP contribution in [0.1, 0.15) is 25.3 Å². The van der Waals surface area contributed by atoms with Crippen molar-refractivity contribution < 1.29 is 4.79 Å². The van der Waals surface area contributed by atoms with Gasteiger partial charge in [0, 0.05) is 25.7 Å². The Kier molecular flexibility index (Phi) is 3.90. The number of aryl methyl sites for hydroxylation is 1. The zero-order chi connectivity index (χ0) is 13.1. The Balaban J connectivity index is 1.79. The van der Waals surface area contributed by atoms with Crippen LogP contribution in [0.25, 0.3) is 0 Å². The second-order valence-corrected chi connectivity index (χ2v) is 5.45. The Morgan fingerprint density at radius 1 is 1.44 bits per heavy atom. The number of carbonyl (C=O) groups excluding carboxylic acids is 1. The molecule has 2 N–H and O–H groups in total. The fourth-order valence-corrected chi connectivity index (χ4v) is 2.30. The molecule has 2 atom stereocenters. The van der Waals surface area contributed by atoms with Crippen LogP contribution in [-0.2, 0) is 11.2 Å². The van der Waals surface area contributed by atoms with E-state index in [1.54, 1.807) is 0 Å². The Bertz CT molecular complexity index is 430. The summed E-state index contributed by atoms with van der Waals surface area (Å²) < 4.78 is 0. The molecule has 0 spiro atoms. The number of hydrogen-bond donors (Lipinski definition) is 1. The lowest BCUT2D eigenvalue weighted by molar-refractivity contribution is -0.130. The normalized spacial score (nSPS) is 21.7. The fourth-order valence-electron chi connectivity index (χ4n) is 2.30. The van der Waals surface area contributed by atoms with Gasteiger partial charge in [-0.25, -0.2) is 0 Å². The van der Waals surface area contributed by atoms with Gasteiger partial charge in [0.2, 0.25) is 5.91 Å². The summed E-state index contributed by atoms with van der Waals surface area (Å²) in [5.74, 6) is 1.74. The molecule has 0 heterocycles. The van der Waals surface area contributed by atoms with Crippen LogP contribution in [0.2, 0.25) is 0 Å². The highest BCUT2D eigenvalue weighted by Crippen LogP contribution is 2.38. The number of carbonyl (C=O) groups is 1. The predicted molar refractivity (Wildman–Crippen MR) is 74.1 cm³/mol. The average molecular weight is 246 g/mol. The number of anilines is 1. The molecular formula is C15H22N2O. The van der Waals surface area contributed by atoms with Crippen LogP contribution in [0.5, 0.6) is 0 Å². The first-order chi connectivity index (χ1) is 8.58. The summed E-state index contributed by atoms with van der Waals surface area (Å²) in [6.45, 7) is 3.15. The highest BCUT2D eigenvalue weighted by Gasteiger charge is 2.33. The molecule has 98 valence electrons. The van der Waals surface area contributed by atoms with E-state index in [-0.39, 0.29) is 5.91 Å². The summed E-state index contributed by atoms with van der Waals surface area (Å²) in [4.78, 5) is 13.9. The molecule has 0 saturated heterocycles. The molecule has 0 aliphatic heterocycles. The predicted octanol–water partition coefficient (Wildman–Crippen LogP) is 2.32. The minimum absolute atomic E-state index is 0.220. The molecule has 2 rings (SSSR count). The maximum Gasteiger partial charge on any atom is 0.222 e. The molecule has 3 nitrogen and oxygen atoms in total. The maximum atomic E-state index is 12.0. The number of hydrogen-bond acceptors (Lipinski definition) is 2. The van der Waals surface area contributed by atoms with Crippen LogP contribution in [0.3, 0.4) is 0 Å². The third-order valence-corrected chi connectivity index (χ3v) is 3.87. The maximum absolute atomic E-state index is 12.0. The second kappa shape index (κ2) is 5.42. The van der Waals surface area contributed by atoms with Crippen molar-refractivity contribution in [3.05, 3.63) is 29.8 Å². The molecule has 0 radical (unpaired) electrons. The first kappa shape index (κ1) is 12.9. The van der Waals surface area contributed by atoms with Gasteiger partial charge in [-0.1, -0.05) is 25.1 Å². The van der Waals surface area contributed by atoms with Crippen molar-refractivity contribution in [2.45, 2.75) is 26.2 Å². The van der Waals surface area contributed by atoms with E-state index in [0.717, 1.165) is 36.1 Å². The largest absolute Gasteiger partial charge is 0.399 e. The summed E-state index contributed by atoms with van der Waals surface area (Å²) in [5.41, 5.74) is 7.72. The van der Waals surface area contributed by atoms with Gasteiger partial charge < -0.3 is 10.6 Å². The topological polar surface area (TPSA) is 46.3 Å². The lowest BCUT2D eigenvalue weighted by Gasteiger charge is -2.17. The molecule has 1 saturated carbocycles. The Labute approximate surface area is 109 Å². The van der Waals surface area contributed by atoms with Crippen molar-refractivity contribution in [3.63, 3.8) is 0 Å². The van der Waals surface area contributed by atoms with Crippen LogP contribution in [0.15, 0.2) is 24.3 Å². The Morgan fingerprint density at radius 2 is 2.11 bits per heavy atom. The van der Waals surface area contributed by atoms with Crippen molar-refractivity contribution in [1.82, 2.24) is 4.90 Å². The number of rotatable bonds is 5. The van der Waals surface area contributed by atoms with E-state index in [4.69, 9.17) is 5.73 Å². The van der Waals surface area contributed by atoms with E-state index in [2.05, 4.69) is 6.92 Å². The molecule has 0 bridgehead atoms. The molecule has 2 unspecified atom stereocenters. The van der Waals surface area contributed by atoms with Crippen molar-refractivity contribution >= 4 is 11.6 Å². The van der Waals surface area contributed by atoms with Gasteiger partial charge in [-0.15, -0.1) is 0 Å². The molecule has 1 fully saturated rings. The monoisotopic (exact) mass is 246 g/mol. The first-order valence-electron chi connectivity index (χ1n) is 6.65. The molecule has 0 aromatic heterocycles. The van der Waals surface area contributed by atoms with E-state index >= 15 is 0 Å². The van der Waals surface area contributed by atoms with Crippen molar-refractivity contribution in [3.8, 4) is 0 Å². The summed E-state index contributed by atoms with van der Waals surface area (Å²) in [7, 11) is 1.90. The molecule has 3 heteroatoms. The third-order valence-electron chi connectivity index (χ3n) is 3.87. The van der Waals surface area contributed by atoms with E-state index in [9.17, 15) is 4.79 Å². The zero-order valence-corrected chi connectivity index (χ0v) is 11.2. The Morgan fingerprint density at radius 3 is 2.72 bits per heavy atom. The lowest BCUT2D eigenvalue weighted by Crippen LogP contribution is -2.29. The Hall–Kier alpha value is -1.51. The standard InChI is InChI=1S/C15H22N2O/c1-11-9-13(11)10-17(2)15(18)8-7-12-5-3-4-6-14(12)16/h3-6,11,13H,7-10,16H2,1-2H3. The molecule has 1 aromatic rings. The SMILES string of the molecule is CC1CC1CN(C)C(=O)CCc1ccccc1N. The second-order valence-electron chi connectivity index (χ2n) is 5.45. The van der Waals surface area contributed by atoms with Crippen LogP contribution < -0.4 is 5.73 Å². The van der Waals surface area contributed by atoms with Crippen LogP contribution in [0.4, 0.5) is 5.69 Å². The van der Waals surface area contributed by atoms with Crippen molar-refractivity contribution in [2.75, 3.05) is 19.3 Å². The van der Waals surface area contributed by atoms with E-state index < -0.39 is 0 Å². The summed E-state index contributed by atoms with van der Waals surface area (Å²) in [6, 6.07) is 7.76. The highest BCUT2D eigenvalue weighted by molar-refractivity contribution is 5.76. The number of amides is 1. The average Bonchev–Trinajstić information content (AvgIpc) is 3.03. The van der Waals surface area contributed by atoms with Crippen LogP contribution >= 0.6 is 0 Å². The molecule has 1 aliphatic rings. The van der Waals surface area contributed by atoms with Crippen LogP contribution in [-0.4, -0.2) is 24.4 Å². The first-order valence-corrected chi connectivity index (χ1v) is 6.65. The molecule has 1 aliphatic carbocycles. The molecular weight excluding hydrogens is 224 g/mol. The summed E-state index contributed by atoms with van der Waals surface area (Å²) in [5, 5.41) is 0. The van der Waals surface area contributed by atoms with Gasteiger partial charge in [0.1, 0.15) is 0 Å². The van der Waals surface area contributed by atoms with Gasteiger partial charge >= 0.3 is 0 Å². The smallest absolute Gasteiger partial charge is 0.222 e. The van der Waals surface area contributed by atoms with Crippen LogP contribution in [0, 0.1) is 11.8 Å². The van der Waals surface area contributed by atoms with Gasteiger partial charge in [-0.3, -0.25) is 4.79 Å². The summed E-state index contributed by atoms with van der Waals surface area (Å²) in [6.07, 6.45) is 2.55. The quantitative estimate of drug-likeness (QED) is 0.810. The van der Waals surface area contributed by atoms with Gasteiger partial charge in [-0.2, -0.15) is 0 Å². The number of benzene rings is 1. The molecule has 18 heavy (non-hydrogen) atoms. The van der Waals surface area contributed by atoms with Crippen molar-refractivity contribution in [2.24, 2.45) is 11.8 Å². The van der Waals surface area contributed by atoms with E-state index in [0.29, 0.717) is 6.42 Å². The number of nitrogen functional groups attached to an aromatic ring is 1. The molecule has 1 amide bonds. The number of nitrogens with zero attached hydrogens (tertiary/aromatic N) is 1. The van der Waals surface area contributed by atoms with Gasteiger partial charge in [0.15, 0.2) is 0 Å².